The number of aromatic nitrogens is 4. The van der Waals surface area contributed by atoms with Crippen LogP contribution in [0.1, 0.15) is 43.1 Å². The van der Waals surface area contributed by atoms with Gasteiger partial charge in [-0.1, -0.05) is 12.1 Å². The molecule has 7 nitrogen and oxygen atoms in total. The highest BCUT2D eigenvalue weighted by molar-refractivity contribution is 5.57. The smallest absolute Gasteiger partial charge is 0.138 e. The summed E-state index contributed by atoms with van der Waals surface area (Å²) < 4.78 is 15.1. The lowest BCUT2D eigenvalue weighted by Gasteiger charge is -2.26. The summed E-state index contributed by atoms with van der Waals surface area (Å²) in [7, 11) is 1.66. The molecule has 1 N–H and O–H groups in total. The molecule has 0 saturated carbocycles. The predicted molar refractivity (Wildman–Crippen MR) is 100 cm³/mol. The van der Waals surface area contributed by atoms with E-state index in [0.29, 0.717) is 19.0 Å². The van der Waals surface area contributed by atoms with Crippen LogP contribution < -0.4 is 4.74 Å². The Hall–Kier alpha value is -2.64. The van der Waals surface area contributed by atoms with Crippen LogP contribution in [0.4, 0.5) is 0 Å². The lowest BCUT2D eigenvalue weighted by Crippen LogP contribution is -2.23. The minimum Gasteiger partial charge on any atom is -0.497 e. The second-order valence-corrected chi connectivity index (χ2v) is 6.94. The van der Waals surface area contributed by atoms with Crippen molar-refractivity contribution < 1.29 is 14.6 Å². The zero-order chi connectivity index (χ0) is 19.0. The molecular formula is C20H24N4O3. The van der Waals surface area contributed by atoms with Gasteiger partial charge in [-0.05, 0) is 37.6 Å². The fourth-order valence-electron chi connectivity index (χ4n) is 3.55. The van der Waals surface area contributed by atoms with Gasteiger partial charge in [0.2, 0.25) is 0 Å². The minimum atomic E-state index is -0.594. The van der Waals surface area contributed by atoms with Crippen molar-refractivity contribution in [1.29, 1.82) is 0 Å². The fourth-order valence-corrected chi connectivity index (χ4v) is 3.55. The summed E-state index contributed by atoms with van der Waals surface area (Å²) in [6, 6.07) is 10.1. The van der Waals surface area contributed by atoms with Crippen LogP contribution in [0.25, 0.3) is 11.4 Å². The maximum Gasteiger partial charge on any atom is 0.138 e. The molecule has 3 heterocycles. The molecule has 0 spiro atoms. The summed E-state index contributed by atoms with van der Waals surface area (Å²) in [6.45, 7) is 5.57. The highest BCUT2D eigenvalue weighted by Gasteiger charge is 2.27. The van der Waals surface area contributed by atoms with Gasteiger partial charge in [0.25, 0.3) is 0 Å². The Balaban J connectivity index is 1.47. The number of rotatable bonds is 6. The molecule has 2 atom stereocenters. The Morgan fingerprint density at radius 2 is 2.00 bits per heavy atom. The first-order chi connectivity index (χ1) is 13.1. The molecule has 1 aliphatic heterocycles. The van der Waals surface area contributed by atoms with Crippen molar-refractivity contribution in [2.45, 2.75) is 45.8 Å². The summed E-state index contributed by atoms with van der Waals surface area (Å²) >= 11 is 0. The van der Waals surface area contributed by atoms with Gasteiger partial charge in [0.15, 0.2) is 0 Å². The van der Waals surface area contributed by atoms with E-state index in [1.807, 2.05) is 41.2 Å². The van der Waals surface area contributed by atoms with Gasteiger partial charge in [-0.25, -0.2) is 4.98 Å². The number of aliphatic hydroxyl groups excluding tert-OH is 1. The van der Waals surface area contributed by atoms with Crippen LogP contribution in [0, 0.1) is 0 Å². The third-order valence-electron chi connectivity index (χ3n) is 4.85. The van der Waals surface area contributed by atoms with Crippen LogP contribution in [0.5, 0.6) is 5.75 Å². The van der Waals surface area contributed by atoms with E-state index >= 15 is 0 Å². The monoisotopic (exact) mass is 368 g/mol. The molecule has 142 valence electrons. The van der Waals surface area contributed by atoms with Gasteiger partial charge in [-0.15, -0.1) is 0 Å². The van der Waals surface area contributed by atoms with Crippen molar-refractivity contribution in [1.82, 2.24) is 19.3 Å². The molecule has 7 heteroatoms. The molecule has 0 amide bonds. The SMILES string of the molecule is COc1ccc(COCc2cc3n(n2)C[C@H](C)n2c-3cnc2[C@@H](C)O)cc1. The van der Waals surface area contributed by atoms with E-state index < -0.39 is 6.10 Å². The number of nitrogens with zero attached hydrogens (tertiary/aromatic N) is 4. The summed E-state index contributed by atoms with van der Waals surface area (Å²) in [5, 5.41) is 14.6. The van der Waals surface area contributed by atoms with Crippen molar-refractivity contribution in [2.24, 2.45) is 0 Å². The molecule has 4 rings (SSSR count). The van der Waals surface area contributed by atoms with E-state index in [9.17, 15) is 5.11 Å². The van der Waals surface area contributed by atoms with Gasteiger partial charge in [0.1, 0.15) is 17.7 Å². The van der Waals surface area contributed by atoms with E-state index in [1.54, 1.807) is 14.0 Å². The second-order valence-electron chi connectivity index (χ2n) is 6.94. The summed E-state index contributed by atoms with van der Waals surface area (Å²) in [4.78, 5) is 4.40. The molecular weight excluding hydrogens is 344 g/mol. The molecule has 0 saturated heterocycles. The Morgan fingerprint density at radius 3 is 2.70 bits per heavy atom. The predicted octanol–water partition coefficient (Wildman–Crippen LogP) is 3.10. The number of fused-ring (bicyclic) bond motifs is 3. The normalized spacial score (nSPS) is 16.7. The molecule has 0 radical (unpaired) electrons. The number of hydrogen-bond donors (Lipinski definition) is 1. The lowest BCUT2D eigenvalue weighted by molar-refractivity contribution is 0.104. The van der Waals surface area contributed by atoms with Crippen LogP contribution in [-0.4, -0.2) is 31.5 Å². The van der Waals surface area contributed by atoms with Crippen LogP contribution >= 0.6 is 0 Å². The van der Waals surface area contributed by atoms with E-state index in [2.05, 4.69) is 21.6 Å². The Bertz CT molecular complexity index is 927. The average Bonchev–Trinajstić information content (AvgIpc) is 3.26. The van der Waals surface area contributed by atoms with E-state index in [0.717, 1.165) is 34.9 Å². The average molecular weight is 368 g/mol. The van der Waals surface area contributed by atoms with Gasteiger partial charge in [0, 0.05) is 0 Å². The number of methoxy groups -OCH3 is 1. The summed E-state index contributed by atoms with van der Waals surface area (Å²) in [5.41, 5.74) is 3.97. The van der Waals surface area contributed by atoms with Crippen molar-refractivity contribution >= 4 is 0 Å². The largest absolute Gasteiger partial charge is 0.497 e. The molecule has 1 aromatic carbocycles. The fraction of sp³-hybridized carbons (Fsp3) is 0.400. The van der Waals surface area contributed by atoms with Crippen molar-refractivity contribution in [3.8, 4) is 17.1 Å². The van der Waals surface area contributed by atoms with Gasteiger partial charge >= 0.3 is 0 Å². The number of benzene rings is 1. The summed E-state index contributed by atoms with van der Waals surface area (Å²) in [5.74, 6) is 1.53. The topological polar surface area (TPSA) is 74.3 Å². The van der Waals surface area contributed by atoms with Gasteiger partial charge in [-0.3, -0.25) is 4.68 Å². The third kappa shape index (κ3) is 3.36. The van der Waals surface area contributed by atoms with E-state index in [-0.39, 0.29) is 6.04 Å². The molecule has 0 unspecified atom stereocenters. The molecule has 27 heavy (non-hydrogen) atoms. The molecule has 0 bridgehead atoms. The second kappa shape index (κ2) is 7.17. The first-order valence-corrected chi connectivity index (χ1v) is 9.09. The zero-order valence-corrected chi connectivity index (χ0v) is 15.8. The Kier molecular flexibility index (Phi) is 4.72. The van der Waals surface area contributed by atoms with Crippen molar-refractivity contribution in [2.75, 3.05) is 7.11 Å². The van der Waals surface area contributed by atoms with Crippen LogP contribution in [0.3, 0.4) is 0 Å². The Morgan fingerprint density at radius 1 is 1.22 bits per heavy atom. The minimum absolute atomic E-state index is 0.188. The summed E-state index contributed by atoms with van der Waals surface area (Å²) in [6.07, 6.45) is 1.22. The lowest BCUT2D eigenvalue weighted by atomic mass is 10.2. The van der Waals surface area contributed by atoms with E-state index in [4.69, 9.17) is 9.47 Å². The van der Waals surface area contributed by atoms with Crippen LogP contribution in [0.15, 0.2) is 36.5 Å². The standard InChI is InChI=1S/C20H24N4O3/c1-13-10-23-18(19-9-21-20(14(2)25)24(13)19)8-16(22-23)12-27-11-15-4-6-17(26-3)7-5-15/h4-9,13-14,25H,10-12H2,1-3H3/t13-,14+/m0/s1. The first kappa shape index (κ1) is 17.8. The van der Waals surface area contributed by atoms with Gasteiger partial charge in [-0.2, -0.15) is 5.10 Å². The molecule has 1 aliphatic rings. The van der Waals surface area contributed by atoms with Crippen molar-refractivity contribution in [3.63, 3.8) is 0 Å². The molecule has 0 aliphatic carbocycles. The number of ether oxygens (including phenoxy) is 2. The maximum atomic E-state index is 9.96. The van der Waals surface area contributed by atoms with Gasteiger partial charge in [0.05, 0.1) is 56.2 Å². The third-order valence-corrected chi connectivity index (χ3v) is 4.85. The first-order valence-electron chi connectivity index (χ1n) is 9.09. The number of hydrogen-bond acceptors (Lipinski definition) is 5. The van der Waals surface area contributed by atoms with Crippen molar-refractivity contribution in [3.05, 3.63) is 53.6 Å². The van der Waals surface area contributed by atoms with Gasteiger partial charge < -0.3 is 19.1 Å². The highest BCUT2D eigenvalue weighted by Crippen LogP contribution is 2.33. The molecule has 2 aromatic heterocycles. The quantitative estimate of drug-likeness (QED) is 0.724. The molecule has 3 aromatic rings. The molecule has 0 fully saturated rings. The maximum absolute atomic E-state index is 9.96. The van der Waals surface area contributed by atoms with E-state index in [1.165, 1.54) is 0 Å². The van der Waals surface area contributed by atoms with Crippen LogP contribution in [0.2, 0.25) is 0 Å². The number of aliphatic hydroxyl groups is 1. The Labute approximate surface area is 158 Å². The number of imidazole rings is 1. The van der Waals surface area contributed by atoms with Crippen LogP contribution in [-0.2, 0) is 24.5 Å². The zero-order valence-electron chi connectivity index (χ0n) is 15.8. The highest BCUT2D eigenvalue weighted by atomic mass is 16.5.